The summed E-state index contributed by atoms with van der Waals surface area (Å²) in [7, 11) is 2.17. The standard InChI is InChI=1S/C20H25ClN4S2/c1-24-11-13-25(14-12-24)18-6-4-17(5-7-18)23-20(26)22-10-15-27-19-8-2-16(21)3-9-19/h2-9H,10-15H2,1H3,(H2,22,23,26). The second kappa shape index (κ2) is 10.2. The Morgan fingerprint density at radius 1 is 1.04 bits per heavy atom. The summed E-state index contributed by atoms with van der Waals surface area (Å²) in [6.07, 6.45) is 0. The van der Waals surface area contributed by atoms with Gasteiger partial charge in [-0.15, -0.1) is 11.8 Å². The highest BCUT2D eigenvalue weighted by Gasteiger charge is 2.13. The fourth-order valence-corrected chi connectivity index (χ4v) is 3.97. The highest BCUT2D eigenvalue weighted by Crippen LogP contribution is 2.20. The molecule has 0 unspecified atom stereocenters. The topological polar surface area (TPSA) is 30.5 Å². The number of anilines is 2. The van der Waals surface area contributed by atoms with Crippen molar-refractivity contribution in [2.24, 2.45) is 0 Å². The Morgan fingerprint density at radius 2 is 1.70 bits per heavy atom. The van der Waals surface area contributed by atoms with E-state index < -0.39 is 0 Å². The van der Waals surface area contributed by atoms with Gasteiger partial charge >= 0.3 is 0 Å². The van der Waals surface area contributed by atoms with Gasteiger partial charge in [-0.2, -0.15) is 0 Å². The Kier molecular flexibility index (Phi) is 7.64. The summed E-state index contributed by atoms with van der Waals surface area (Å²) in [5.41, 5.74) is 2.28. The van der Waals surface area contributed by atoms with Crippen molar-refractivity contribution >= 4 is 52.1 Å². The quantitative estimate of drug-likeness (QED) is 0.414. The molecule has 144 valence electrons. The van der Waals surface area contributed by atoms with Gasteiger partial charge in [0.1, 0.15) is 0 Å². The molecule has 0 aliphatic carbocycles. The first-order chi connectivity index (χ1) is 13.1. The molecule has 7 heteroatoms. The predicted molar refractivity (Wildman–Crippen MR) is 123 cm³/mol. The van der Waals surface area contributed by atoms with E-state index in [2.05, 4.69) is 51.7 Å². The van der Waals surface area contributed by atoms with Crippen LogP contribution in [0.15, 0.2) is 53.4 Å². The maximum absolute atomic E-state index is 5.90. The summed E-state index contributed by atoms with van der Waals surface area (Å²) in [5, 5.41) is 7.92. The van der Waals surface area contributed by atoms with E-state index >= 15 is 0 Å². The van der Waals surface area contributed by atoms with Gasteiger partial charge in [0.2, 0.25) is 0 Å². The smallest absolute Gasteiger partial charge is 0.170 e. The van der Waals surface area contributed by atoms with Gasteiger partial charge in [-0.1, -0.05) is 11.6 Å². The van der Waals surface area contributed by atoms with Crippen LogP contribution < -0.4 is 15.5 Å². The molecule has 4 nitrogen and oxygen atoms in total. The summed E-state index contributed by atoms with van der Waals surface area (Å²) in [6.45, 7) is 5.19. The molecule has 2 aromatic rings. The average molecular weight is 421 g/mol. The minimum atomic E-state index is 0.652. The highest BCUT2D eigenvalue weighted by atomic mass is 35.5. The fraction of sp³-hybridized carbons (Fsp3) is 0.350. The molecule has 0 aromatic heterocycles. The maximum atomic E-state index is 5.90. The van der Waals surface area contributed by atoms with Gasteiger partial charge in [0.15, 0.2) is 5.11 Å². The van der Waals surface area contributed by atoms with Gasteiger partial charge in [-0.05, 0) is 67.8 Å². The molecule has 1 fully saturated rings. The fourth-order valence-electron chi connectivity index (χ4n) is 2.86. The molecule has 0 saturated carbocycles. The molecule has 0 radical (unpaired) electrons. The van der Waals surface area contributed by atoms with Gasteiger partial charge in [-0.25, -0.2) is 0 Å². The lowest BCUT2D eigenvalue weighted by Gasteiger charge is -2.34. The minimum absolute atomic E-state index is 0.652. The van der Waals surface area contributed by atoms with E-state index in [0.29, 0.717) is 5.11 Å². The SMILES string of the molecule is CN1CCN(c2ccc(NC(=S)NCCSc3ccc(Cl)cc3)cc2)CC1. The summed E-state index contributed by atoms with van der Waals surface area (Å²) >= 11 is 13.1. The number of rotatable bonds is 6. The number of nitrogens with zero attached hydrogens (tertiary/aromatic N) is 2. The monoisotopic (exact) mass is 420 g/mol. The van der Waals surface area contributed by atoms with Crippen molar-refractivity contribution in [1.82, 2.24) is 10.2 Å². The lowest BCUT2D eigenvalue weighted by molar-refractivity contribution is 0.313. The first-order valence-corrected chi connectivity index (χ1v) is 10.8. The number of piperazine rings is 1. The van der Waals surface area contributed by atoms with E-state index in [1.54, 1.807) is 11.8 Å². The summed E-state index contributed by atoms with van der Waals surface area (Å²) < 4.78 is 0. The predicted octanol–water partition coefficient (Wildman–Crippen LogP) is 4.17. The lowest BCUT2D eigenvalue weighted by atomic mass is 10.2. The third-order valence-corrected chi connectivity index (χ3v) is 5.98. The van der Waals surface area contributed by atoms with Crippen LogP contribution in [0.4, 0.5) is 11.4 Å². The Bertz CT molecular complexity index is 729. The maximum Gasteiger partial charge on any atom is 0.170 e. The zero-order chi connectivity index (χ0) is 19.1. The molecule has 0 bridgehead atoms. The van der Waals surface area contributed by atoms with E-state index in [0.717, 1.165) is 49.2 Å². The van der Waals surface area contributed by atoms with Crippen LogP contribution in [0.25, 0.3) is 0 Å². The van der Waals surface area contributed by atoms with E-state index in [1.165, 1.54) is 10.6 Å². The molecule has 2 aromatic carbocycles. The van der Waals surface area contributed by atoms with Gasteiger partial charge in [0.05, 0.1) is 0 Å². The van der Waals surface area contributed by atoms with Gasteiger partial charge in [-0.3, -0.25) is 0 Å². The normalized spacial score (nSPS) is 14.8. The molecule has 0 atom stereocenters. The molecule has 0 amide bonds. The van der Waals surface area contributed by atoms with Crippen molar-refractivity contribution in [1.29, 1.82) is 0 Å². The van der Waals surface area contributed by atoms with E-state index in [4.69, 9.17) is 23.8 Å². The number of hydrogen-bond acceptors (Lipinski definition) is 4. The van der Waals surface area contributed by atoms with Crippen LogP contribution in [-0.4, -0.2) is 55.5 Å². The number of likely N-dealkylation sites (N-methyl/N-ethyl adjacent to an activating group) is 1. The van der Waals surface area contributed by atoms with Crippen LogP contribution in [0.1, 0.15) is 0 Å². The molecule has 1 aliphatic heterocycles. The summed E-state index contributed by atoms with van der Waals surface area (Å²) in [4.78, 5) is 6.00. The largest absolute Gasteiger partial charge is 0.369 e. The minimum Gasteiger partial charge on any atom is -0.369 e. The Labute approximate surface area is 176 Å². The Balaban J connectivity index is 1.38. The van der Waals surface area contributed by atoms with Crippen molar-refractivity contribution < 1.29 is 0 Å². The van der Waals surface area contributed by atoms with Crippen molar-refractivity contribution in [3.05, 3.63) is 53.6 Å². The van der Waals surface area contributed by atoms with Gasteiger partial charge in [0, 0.05) is 59.8 Å². The zero-order valence-corrected chi connectivity index (χ0v) is 17.8. The molecule has 3 rings (SSSR count). The number of halogens is 1. The van der Waals surface area contributed by atoms with E-state index in [9.17, 15) is 0 Å². The number of thiocarbonyl (C=S) groups is 1. The molecule has 2 N–H and O–H groups in total. The van der Waals surface area contributed by atoms with Gasteiger partial charge < -0.3 is 20.4 Å². The van der Waals surface area contributed by atoms with Crippen LogP contribution in [-0.2, 0) is 0 Å². The lowest BCUT2D eigenvalue weighted by Crippen LogP contribution is -2.44. The van der Waals surface area contributed by atoms with Crippen molar-refractivity contribution in [2.45, 2.75) is 4.90 Å². The van der Waals surface area contributed by atoms with Crippen LogP contribution in [0.2, 0.25) is 5.02 Å². The van der Waals surface area contributed by atoms with Crippen molar-refractivity contribution in [2.75, 3.05) is 55.7 Å². The molecular weight excluding hydrogens is 396 g/mol. The molecular formula is C20H25ClN4S2. The first kappa shape index (κ1) is 20.3. The number of hydrogen-bond donors (Lipinski definition) is 2. The second-order valence-electron chi connectivity index (χ2n) is 6.52. The molecule has 27 heavy (non-hydrogen) atoms. The van der Waals surface area contributed by atoms with Gasteiger partial charge in [0.25, 0.3) is 0 Å². The highest BCUT2D eigenvalue weighted by molar-refractivity contribution is 7.99. The number of benzene rings is 2. The first-order valence-electron chi connectivity index (χ1n) is 9.07. The van der Waals surface area contributed by atoms with Crippen LogP contribution in [0.3, 0.4) is 0 Å². The second-order valence-corrected chi connectivity index (χ2v) is 8.53. The van der Waals surface area contributed by atoms with Crippen LogP contribution in [0, 0.1) is 0 Å². The van der Waals surface area contributed by atoms with Crippen LogP contribution >= 0.6 is 35.6 Å². The van der Waals surface area contributed by atoms with Crippen LogP contribution in [0.5, 0.6) is 0 Å². The summed E-state index contributed by atoms with van der Waals surface area (Å²) in [5.74, 6) is 0.936. The van der Waals surface area contributed by atoms with E-state index in [1.807, 2.05) is 24.3 Å². The average Bonchev–Trinajstić information content (AvgIpc) is 2.68. The number of nitrogens with one attached hydrogen (secondary N) is 2. The molecule has 1 aliphatic rings. The third kappa shape index (κ3) is 6.57. The van der Waals surface area contributed by atoms with Crippen molar-refractivity contribution in [3.63, 3.8) is 0 Å². The Morgan fingerprint density at radius 3 is 2.37 bits per heavy atom. The summed E-state index contributed by atoms with van der Waals surface area (Å²) in [6, 6.07) is 16.4. The number of thioether (sulfide) groups is 1. The molecule has 1 saturated heterocycles. The van der Waals surface area contributed by atoms with Crippen molar-refractivity contribution in [3.8, 4) is 0 Å². The Hall–Kier alpha value is -1.47. The zero-order valence-electron chi connectivity index (χ0n) is 15.5. The molecule has 1 heterocycles. The molecule has 0 spiro atoms. The third-order valence-electron chi connectivity index (χ3n) is 4.46. The van der Waals surface area contributed by atoms with E-state index in [-0.39, 0.29) is 0 Å².